The molecule has 0 aliphatic heterocycles. The van der Waals surface area contributed by atoms with Crippen LogP contribution in [-0.4, -0.2) is 33.8 Å². The molecule has 0 amide bonds. The highest BCUT2D eigenvalue weighted by Crippen LogP contribution is 2.37. The van der Waals surface area contributed by atoms with Gasteiger partial charge < -0.3 is 15.7 Å². The Balaban J connectivity index is 1.39. The molecule has 162 valence electrons. The Labute approximate surface area is 183 Å². The van der Waals surface area contributed by atoms with E-state index in [1.807, 2.05) is 6.07 Å². The summed E-state index contributed by atoms with van der Waals surface area (Å²) in [5.41, 5.74) is 3.78. The number of aromatic nitrogens is 2. The fraction of sp³-hybridized carbons (Fsp3) is 0.440. The van der Waals surface area contributed by atoms with E-state index in [4.69, 9.17) is 6.42 Å². The summed E-state index contributed by atoms with van der Waals surface area (Å²) in [5, 5.41) is 16.9. The molecule has 1 saturated carbocycles. The van der Waals surface area contributed by atoms with E-state index in [1.54, 1.807) is 12.3 Å². The van der Waals surface area contributed by atoms with Gasteiger partial charge in [-0.3, -0.25) is 0 Å². The summed E-state index contributed by atoms with van der Waals surface area (Å²) in [6.07, 6.45) is 13.2. The number of benzene rings is 1. The Morgan fingerprint density at radius 2 is 2.16 bits per heavy atom. The molecule has 0 radical (unpaired) electrons. The van der Waals surface area contributed by atoms with Crippen molar-refractivity contribution < 1.29 is 9.50 Å². The Hall–Kier alpha value is -2.91. The van der Waals surface area contributed by atoms with Gasteiger partial charge in [0.1, 0.15) is 11.6 Å². The molecule has 1 fully saturated rings. The second kappa shape index (κ2) is 8.68. The average Bonchev–Trinajstić information content (AvgIpc) is 3.13. The first-order valence-corrected chi connectivity index (χ1v) is 10.9. The molecule has 0 unspecified atom stereocenters. The third kappa shape index (κ3) is 4.72. The highest BCUT2D eigenvalue weighted by molar-refractivity contribution is 5.73. The molecule has 2 aromatic rings. The number of fused-ring (bicyclic) bond motifs is 1. The molecular weight excluding hydrogens is 391 g/mol. The maximum atomic E-state index is 13.6. The van der Waals surface area contributed by atoms with Crippen molar-refractivity contribution in [2.45, 2.75) is 58.1 Å². The smallest absolute Gasteiger partial charge is 0.224 e. The van der Waals surface area contributed by atoms with Crippen LogP contribution in [0.3, 0.4) is 0 Å². The van der Waals surface area contributed by atoms with Crippen LogP contribution in [-0.2, 0) is 6.42 Å². The first kappa shape index (κ1) is 21.3. The zero-order valence-corrected chi connectivity index (χ0v) is 18.1. The van der Waals surface area contributed by atoms with Crippen molar-refractivity contribution in [2.75, 3.05) is 17.2 Å². The van der Waals surface area contributed by atoms with E-state index in [2.05, 4.69) is 46.4 Å². The van der Waals surface area contributed by atoms with E-state index >= 15 is 0 Å². The molecule has 6 heteroatoms. The largest absolute Gasteiger partial charge is 0.393 e. The lowest BCUT2D eigenvalue weighted by Crippen LogP contribution is -2.41. The predicted molar refractivity (Wildman–Crippen MR) is 122 cm³/mol. The minimum Gasteiger partial charge on any atom is -0.393 e. The highest BCUT2D eigenvalue weighted by Gasteiger charge is 2.35. The van der Waals surface area contributed by atoms with E-state index in [1.165, 1.54) is 6.07 Å². The molecule has 4 rings (SSSR count). The number of nitrogens with zero attached hydrogens (tertiary/aromatic N) is 2. The molecule has 3 N–H and O–H groups in total. The van der Waals surface area contributed by atoms with Gasteiger partial charge in [0.2, 0.25) is 5.95 Å². The van der Waals surface area contributed by atoms with Gasteiger partial charge in [-0.05, 0) is 66.4 Å². The monoisotopic (exact) mass is 420 g/mol. The molecule has 1 aromatic heterocycles. The van der Waals surface area contributed by atoms with Crippen molar-refractivity contribution in [2.24, 2.45) is 5.41 Å². The number of anilines is 2. The molecule has 2 atom stereocenters. The van der Waals surface area contributed by atoms with Crippen LogP contribution in [0.15, 0.2) is 30.5 Å². The topological polar surface area (TPSA) is 70.1 Å². The summed E-state index contributed by atoms with van der Waals surface area (Å²) in [6, 6.07) is 5.17. The van der Waals surface area contributed by atoms with E-state index in [9.17, 15) is 9.50 Å². The zero-order chi connectivity index (χ0) is 22.0. The maximum Gasteiger partial charge on any atom is 0.224 e. The summed E-state index contributed by atoms with van der Waals surface area (Å²) in [5.74, 6) is 3.60. The van der Waals surface area contributed by atoms with E-state index in [0.29, 0.717) is 23.9 Å². The third-order valence-electron chi connectivity index (χ3n) is 6.41. The quantitative estimate of drug-likeness (QED) is 0.605. The fourth-order valence-electron chi connectivity index (χ4n) is 4.54. The van der Waals surface area contributed by atoms with Crippen molar-refractivity contribution >= 4 is 17.3 Å². The van der Waals surface area contributed by atoms with Crippen LogP contribution in [0.1, 0.15) is 56.2 Å². The van der Waals surface area contributed by atoms with Crippen molar-refractivity contribution in [1.29, 1.82) is 0 Å². The zero-order valence-electron chi connectivity index (χ0n) is 18.1. The third-order valence-corrected chi connectivity index (χ3v) is 6.41. The molecule has 0 saturated heterocycles. The lowest BCUT2D eigenvalue weighted by molar-refractivity contribution is 0.00926. The van der Waals surface area contributed by atoms with Crippen LogP contribution in [0.4, 0.5) is 16.2 Å². The number of hydrogen-bond acceptors (Lipinski definition) is 5. The number of aliphatic hydroxyl groups excluding tert-OH is 1. The van der Waals surface area contributed by atoms with Gasteiger partial charge >= 0.3 is 0 Å². The molecule has 0 bridgehead atoms. The summed E-state index contributed by atoms with van der Waals surface area (Å²) in [4.78, 5) is 8.95. The number of halogens is 1. The maximum absolute atomic E-state index is 13.6. The molecular formula is C25H29FN4O. The number of allylic oxidation sites excluding steroid dienone is 1. The highest BCUT2D eigenvalue weighted by atomic mass is 19.1. The van der Waals surface area contributed by atoms with Crippen molar-refractivity contribution in [1.82, 2.24) is 9.97 Å². The summed E-state index contributed by atoms with van der Waals surface area (Å²) >= 11 is 0. The van der Waals surface area contributed by atoms with E-state index in [-0.39, 0.29) is 23.4 Å². The summed E-state index contributed by atoms with van der Waals surface area (Å²) in [6.45, 7) is 4.81. The van der Waals surface area contributed by atoms with Gasteiger partial charge in [-0.2, -0.15) is 4.98 Å². The van der Waals surface area contributed by atoms with Gasteiger partial charge in [-0.15, -0.1) is 6.42 Å². The number of terminal acetylenes is 1. The lowest BCUT2D eigenvalue weighted by atomic mass is 9.73. The first-order valence-electron chi connectivity index (χ1n) is 10.9. The van der Waals surface area contributed by atoms with Crippen LogP contribution < -0.4 is 10.6 Å². The Morgan fingerprint density at radius 3 is 2.94 bits per heavy atom. The SMILES string of the molecule is C#Cc1cnc(NCCC2=CCc3ccc(F)cc32)nc1N[C@@H]1CC[C@H](O)C(C)(C)C1. The van der Waals surface area contributed by atoms with Crippen LogP contribution >= 0.6 is 0 Å². The van der Waals surface area contributed by atoms with Gasteiger partial charge in [-0.25, -0.2) is 9.37 Å². The number of rotatable bonds is 6. The fourth-order valence-corrected chi connectivity index (χ4v) is 4.54. The second-order valence-electron chi connectivity index (χ2n) is 9.14. The van der Waals surface area contributed by atoms with Gasteiger partial charge in [0.15, 0.2) is 0 Å². The normalized spacial score (nSPS) is 21.7. The molecule has 0 spiro atoms. The summed E-state index contributed by atoms with van der Waals surface area (Å²) in [7, 11) is 0. The Morgan fingerprint density at radius 1 is 1.32 bits per heavy atom. The predicted octanol–water partition coefficient (Wildman–Crippen LogP) is 4.39. The van der Waals surface area contributed by atoms with Crippen molar-refractivity contribution in [3.8, 4) is 12.3 Å². The molecule has 31 heavy (non-hydrogen) atoms. The van der Waals surface area contributed by atoms with Gasteiger partial charge in [0.25, 0.3) is 0 Å². The van der Waals surface area contributed by atoms with Gasteiger partial charge in [0.05, 0.1) is 17.9 Å². The van der Waals surface area contributed by atoms with E-state index < -0.39 is 0 Å². The van der Waals surface area contributed by atoms with Gasteiger partial charge in [-0.1, -0.05) is 31.9 Å². The molecule has 5 nitrogen and oxygen atoms in total. The molecule has 2 aliphatic carbocycles. The van der Waals surface area contributed by atoms with Crippen molar-refractivity contribution in [3.63, 3.8) is 0 Å². The Bertz CT molecular complexity index is 1040. The second-order valence-corrected chi connectivity index (χ2v) is 9.14. The molecule has 1 aromatic carbocycles. The molecule has 2 aliphatic rings. The first-order chi connectivity index (χ1) is 14.9. The lowest BCUT2D eigenvalue weighted by Gasteiger charge is -2.40. The van der Waals surface area contributed by atoms with Crippen molar-refractivity contribution in [3.05, 3.63) is 53.0 Å². The molecule has 1 heterocycles. The van der Waals surface area contributed by atoms with Crippen LogP contribution in [0.5, 0.6) is 0 Å². The number of aliphatic hydroxyl groups is 1. The standard InChI is InChI=1S/C25H29FN4O/c1-4-16-15-28-24(30-23(16)29-20-9-10-22(31)25(2,3)14-20)27-12-11-18-6-5-17-7-8-19(26)13-21(17)18/h1,6-8,13,15,20,22,31H,5,9-12,14H2,2-3H3,(H2,27,28,29,30)/t20-,22+/m1/s1. The van der Waals surface area contributed by atoms with E-state index in [0.717, 1.165) is 48.8 Å². The van der Waals surface area contributed by atoms with Crippen LogP contribution in [0.25, 0.3) is 5.57 Å². The minimum atomic E-state index is -0.288. The minimum absolute atomic E-state index is 0.148. The summed E-state index contributed by atoms with van der Waals surface area (Å²) < 4.78 is 13.6. The average molecular weight is 421 g/mol. The van der Waals surface area contributed by atoms with Crippen LogP contribution in [0.2, 0.25) is 0 Å². The van der Waals surface area contributed by atoms with Crippen LogP contribution in [0, 0.1) is 23.6 Å². The van der Waals surface area contributed by atoms with Gasteiger partial charge in [0, 0.05) is 12.6 Å². The Kier molecular flexibility index (Phi) is 5.97. The number of nitrogens with one attached hydrogen (secondary N) is 2. The number of hydrogen-bond donors (Lipinski definition) is 3.